The molecule has 3 aromatic rings. The summed E-state index contributed by atoms with van der Waals surface area (Å²) in [4.78, 5) is 28.7. The molecule has 5 nitrogen and oxygen atoms in total. The van der Waals surface area contributed by atoms with E-state index in [0.29, 0.717) is 12.2 Å². The Labute approximate surface area is 213 Å². The fraction of sp³-hybridized carbons (Fsp3) is 0.333. The van der Waals surface area contributed by atoms with Gasteiger partial charge in [0.1, 0.15) is 17.6 Å². The molecule has 0 heterocycles. The van der Waals surface area contributed by atoms with E-state index in [1.807, 2.05) is 83.1 Å². The van der Waals surface area contributed by atoms with Crippen LogP contribution < -0.4 is 10.1 Å². The van der Waals surface area contributed by atoms with Crippen molar-refractivity contribution in [1.29, 1.82) is 0 Å². The number of carbonyl (C=O) groups excluding carboxylic acids is 2. The van der Waals surface area contributed by atoms with Crippen molar-refractivity contribution in [1.82, 2.24) is 10.2 Å². The topological polar surface area (TPSA) is 58.6 Å². The van der Waals surface area contributed by atoms with Crippen LogP contribution in [0.2, 0.25) is 0 Å². The Hall–Kier alpha value is -3.67. The van der Waals surface area contributed by atoms with E-state index in [-0.39, 0.29) is 30.8 Å². The Bertz CT molecular complexity index is 1170. The summed E-state index contributed by atoms with van der Waals surface area (Å²) in [5.74, 6) is -0.316. The number of rotatable bonds is 9. The molecule has 0 bridgehead atoms. The molecule has 0 aliphatic rings. The number of halogens is 1. The fourth-order valence-corrected chi connectivity index (χ4v) is 3.90. The lowest BCUT2D eigenvalue weighted by Crippen LogP contribution is -2.55. The normalized spacial score (nSPS) is 12.1. The van der Waals surface area contributed by atoms with Crippen LogP contribution in [0.1, 0.15) is 43.0 Å². The number of hydrogen-bond acceptors (Lipinski definition) is 3. The highest BCUT2D eigenvalue weighted by atomic mass is 19.1. The summed E-state index contributed by atoms with van der Waals surface area (Å²) in [6.45, 7) is 9.56. The van der Waals surface area contributed by atoms with E-state index in [1.165, 1.54) is 17.0 Å². The zero-order valence-corrected chi connectivity index (χ0v) is 21.7. The van der Waals surface area contributed by atoms with Gasteiger partial charge in [0.05, 0.1) is 0 Å². The summed E-state index contributed by atoms with van der Waals surface area (Å²) < 4.78 is 19.5. The van der Waals surface area contributed by atoms with Crippen LogP contribution in [-0.2, 0) is 22.6 Å². The Morgan fingerprint density at radius 3 is 2.22 bits per heavy atom. The first kappa shape index (κ1) is 26.9. The van der Waals surface area contributed by atoms with Gasteiger partial charge < -0.3 is 15.0 Å². The second-order valence-electron chi connectivity index (χ2n) is 10.1. The van der Waals surface area contributed by atoms with Crippen molar-refractivity contribution >= 4 is 11.8 Å². The molecule has 1 atom stereocenters. The van der Waals surface area contributed by atoms with Crippen LogP contribution in [0.5, 0.6) is 5.75 Å². The van der Waals surface area contributed by atoms with Crippen LogP contribution in [-0.4, -0.2) is 34.9 Å². The molecule has 0 radical (unpaired) electrons. The van der Waals surface area contributed by atoms with Gasteiger partial charge in [0.2, 0.25) is 5.91 Å². The number of amides is 2. The highest BCUT2D eigenvalue weighted by Gasteiger charge is 2.32. The van der Waals surface area contributed by atoms with E-state index >= 15 is 0 Å². The lowest BCUT2D eigenvalue weighted by Gasteiger charge is -2.33. The highest BCUT2D eigenvalue weighted by Crippen LogP contribution is 2.22. The first-order chi connectivity index (χ1) is 17.0. The van der Waals surface area contributed by atoms with Gasteiger partial charge in [-0.15, -0.1) is 0 Å². The Balaban J connectivity index is 1.94. The average Bonchev–Trinajstić information content (AvgIpc) is 2.83. The van der Waals surface area contributed by atoms with E-state index in [2.05, 4.69) is 5.32 Å². The molecule has 0 fully saturated rings. The molecule has 0 saturated heterocycles. The molecule has 1 N–H and O–H groups in total. The zero-order valence-electron chi connectivity index (χ0n) is 21.7. The number of carbonyl (C=O) groups is 2. The zero-order chi connectivity index (χ0) is 26.3. The second kappa shape index (κ2) is 11.8. The molecule has 190 valence electrons. The van der Waals surface area contributed by atoms with Gasteiger partial charge in [-0.3, -0.25) is 9.59 Å². The van der Waals surface area contributed by atoms with Gasteiger partial charge in [0.15, 0.2) is 6.61 Å². The van der Waals surface area contributed by atoms with E-state index in [1.54, 1.807) is 12.1 Å². The standard InChI is InChI=1S/C30H35FN2O3/c1-21-10-9-13-27(22(21)2)36-20-28(34)33(19-24-14-16-25(31)17-15-24)26(29(35)32-30(3,4)5)18-23-11-7-6-8-12-23/h6-17,26H,18-20H2,1-5H3,(H,32,35). The Kier molecular flexibility index (Phi) is 8.86. The van der Waals surface area contributed by atoms with Crippen molar-refractivity contribution in [2.75, 3.05) is 6.61 Å². The lowest BCUT2D eigenvalue weighted by molar-refractivity contribution is -0.143. The first-order valence-corrected chi connectivity index (χ1v) is 12.1. The molecule has 0 spiro atoms. The minimum absolute atomic E-state index is 0.143. The van der Waals surface area contributed by atoms with Gasteiger partial charge in [0, 0.05) is 18.5 Å². The molecule has 3 rings (SSSR count). The molecule has 0 aliphatic carbocycles. The Morgan fingerprint density at radius 2 is 1.58 bits per heavy atom. The number of ether oxygens (including phenoxy) is 1. The van der Waals surface area contributed by atoms with Crippen LogP contribution in [0.25, 0.3) is 0 Å². The van der Waals surface area contributed by atoms with Crippen LogP contribution in [0, 0.1) is 19.7 Å². The van der Waals surface area contributed by atoms with E-state index in [0.717, 1.165) is 22.3 Å². The van der Waals surface area contributed by atoms with Crippen LogP contribution >= 0.6 is 0 Å². The van der Waals surface area contributed by atoms with Crippen molar-refractivity contribution in [3.8, 4) is 5.75 Å². The minimum Gasteiger partial charge on any atom is -0.483 e. The highest BCUT2D eigenvalue weighted by molar-refractivity contribution is 5.89. The summed E-state index contributed by atoms with van der Waals surface area (Å²) in [6, 6.07) is 20.5. The van der Waals surface area contributed by atoms with Crippen molar-refractivity contribution in [2.24, 2.45) is 0 Å². The number of aryl methyl sites for hydroxylation is 1. The van der Waals surface area contributed by atoms with E-state index < -0.39 is 11.6 Å². The molecule has 0 aromatic heterocycles. The number of nitrogens with zero attached hydrogens (tertiary/aromatic N) is 1. The monoisotopic (exact) mass is 490 g/mol. The summed E-state index contributed by atoms with van der Waals surface area (Å²) >= 11 is 0. The molecule has 2 amide bonds. The summed E-state index contributed by atoms with van der Waals surface area (Å²) in [5, 5.41) is 3.03. The van der Waals surface area contributed by atoms with E-state index in [9.17, 15) is 14.0 Å². The Morgan fingerprint density at radius 1 is 0.917 bits per heavy atom. The molecular weight excluding hydrogens is 455 g/mol. The average molecular weight is 491 g/mol. The molecule has 6 heteroatoms. The molecule has 36 heavy (non-hydrogen) atoms. The molecule has 0 saturated carbocycles. The summed E-state index contributed by atoms with van der Waals surface area (Å²) in [7, 11) is 0. The van der Waals surface area contributed by atoms with Crippen LogP contribution in [0.3, 0.4) is 0 Å². The van der Waals surface area contributed by atoms with Gasteiger partial charge in [0.25, 0.3) is 5.91 Å². The number of nitrogens with one attached hydrogen (secondary N) is 1. The minimum atomic E-state index is -0.786. The number of benzene rings is 3. The van der Waals surface area contributed by atoms with Crippen LogP contribution in [0.4, 0.5) is 4.39 Å². The molecule has 0 aliphatic heterocycles. The summed E-state index contributed by atoms with van der Waals surface area (Å²) in [5.41, 5.74) is 3.19. The smallest absolute Gasteiger partial charge is 0.261 e. The maximum Gasteiger partial charge on any atom is 0.261 e. The van der Waals surface area contributed by atoms with Crippen LogP contribution in [0.15, 0.2) is 72.8 Å². The van der Waals surface area contributed by atoms with Gasteiger partial charge in [-0.05, 0) is 75.1 Å². The third kappa shape index (κ3) is 7.67. The number of hydrogen-bond donors (Lipinski definition) is 1. The third-order valence-corrected chi connectivity index (χ3v) is 5.94. The maximum atomic E-state index is 13.6. The predicted molar refractivity (Wildman–Crippen MR) is 140 cm³/mol. The van der Waals surface area contributed by atoms with Crippen molar-refractivity contribution in [2.45, 2.75) is 59.2 Å². The summed E-state index contributed by atoms with van der Waals surface area (Å²) in [6.07, 6.45) is 0.333. The molecule has 3 aromatic carbocycles. The van der Waals surface area contributed by atoms with Gasteiger partial charge in [-0.1, -0.05) is 54.6 Å². The SMILES string of the molecule is Cc1cccc(OCC(=O)N(Cc2ccc(F)cc2)C(Cc2ccccc2)C(=O)NC(C)(C)C)c1C. The van der Waals surface area contributed by atoms with Crippen molar-refractivity contribution in [3.63, 3.8) is 0 Å². The molecular formula is C30H35FN2O3. The largest absolute Gasteiger partial charge is 0.483 e. The van der Waals surface area contributed by atoms with E-state index in [4.69, 9.17) is 4.74 Å². The van der Waals surface area contributed by atoms with Gasteiger partial charge in [-0.25, -0.2) is 4.39 Å². The first-order valence-electron chi connectivity index (χ1n) is 12.1. The van der Waals surface area contributed by atoms with Crippen molar-refractivity contribution < 1.29 is 18.7 Å². The second-order valence-corrected chi connectivity index (χ2v) is 10.1. The lowest BCUT2D eigenvalue weighted by atomic mass is 10.0. The maximum absolute atomic E-state index is 13.6. The fourth-order valence-electron chi connectivity index (χ4n) is 3.90. The van der Waals surface area contributed by atoms with Crippen molar-refractivity contribution in [3.05, 3.63) is 101 Å². The molecule has 1 unspecified atom stereocenters. The van der Waals surface area contributed by atoms with Gasteiger partial charge >= 0.3 is 0 Å². The quantitative estimate of drug-likeness (QED) is 0.438. The third-order valence-electron chi connectivity index (χ3n) is 5.94. The predicted octanol–water partition coefficient (Wildman–Crippen LogP) is 5.38. The van der Waals surface area contributed by atoms with Gasteiger partial charge in [-0.2, -0.15) is 0 Å².